The van der Waals surface area contributed by atoms with Crippen molar-refractivity contribution in [2.24, 2.45) is 0 Å². The fourth-order valence-electron chi connectivity index (χ4n) is 1.11. The van der Waals surface area contributed by atoms with Gasteiger partial charge in [-0.2, -0.15) is 5.26 Å². The summed E-state index contributed by atoms with van der Waals surface area (Å²) in [5.74, 6) is -0.497. The Labute approximate surface area is 93.0 Å². The third-order valence-electron chi connectivity index (χ3n) is 1.80. The number of rotatable bonds is 4. The Balaban J connectivity index is 2.63. The third-order valence-corrected chi connectivity index (χ3v) is 1.93. The Morgan fingerprint density at radius 2 is 2.33 bits per heavy atom. The molecule has 0 spiro atoms. The van der Waals surface area contributed by atoms with Gasteiger partial charge in [-0.3, -0.25) is 0 Å². The van der Waals surface area contributed by atoms with Crippen LogP contribution in [0.2, 0.25) is 0 Å². The maximum atomic E-state index is 12.9. The molecule has 1 N–H and O–H groups in total. The van der Waals surface area contributed by atoms with E-state index in [2.05, 4.69) is 11.9 Å². The SMILES string of the molecule is C=C(Cl)CNCc1ccc(F)c(C#N)c1. The van der Waals surface area contributed by atoms with Crippen molar-refractivity contribution in [3.8, 4) is 6.07 Å². The monoisotopic (exact) mass is 224 g/mol. The van der Waals surface area contributed by atoms with Gasteiger partial charge >= 0.3 is 0 Å². The molecule has 0 bridgehead atoms. The van der Waals surface area contributed by atoms with Crippen molar-refractivity contribution in [2.45, 2.75) is 6.54 Å². The van der Waals surface area contributed by atoms with Crippen LogP contribution >= 0.6 is 11.6 Å². The average Bonchev–Trinajstić information content (AvgIpc) is 2.20. The highest BCUT2D eigenvalue weighted by Crippen LogP contribution is 2.09. The van der Waals surface area contributed by atoms with E-state index in [1.807, 2.05) is 0 Å². The van der Waals surface area contributed by atoms with E-state index in [0.29, 0.717) is 18.1 Å². The quantitative estimate of drug-likeness (QED) is 0.853. The average molecular weight is 225 g/mol. The van der Waals surface area contributed by atoms with Crippen LogP contribution in [0.3, 0.4) is 0 Å². The zero-order valence-electron chi connectivity index (χ0n) is 8.06. The highest BCUT2D eigenvalue weighted by Gasteiger charge is 2.02. The molecule has 0 saturated heterocycles. The molecule has 15 heavy (non-hydrogen) atoms. The van der Waals surface area contributed by atoms with Gasteiger partial charge in [0.2, 0.25) is 0 Å². The summed E-state index contributed by atoms with van der Waals surface area (Å²) in [5.41, 5.74) is 0.893. The first-order valence-electron chi connectivity index (χ1n) is 4.36. The highest BCUT2D eigenvalue weighted by molar-refractivity contribution is 6.29. The van der Waals surface area contributed by atoms with Crippen molar-refractivity contribution in [1.29, 1.82) is 5.26 Å². The van der Waals surface area contributed by atoms with Crippen LogP contribution in [0.4, 0.5) is 4.39 Å². The highest BCUT2D eigenvalue weighted by atomic mass is 35.5. The predicted molar refractivity (Wildman–Crippen MR) is 57.8 cm³/mol. The number of hydrogen-bond donors (Lipinski definition) is 1. The van der Waals surface area contributed by atoms with E-state index < -0.39 is 5.82 Å². The van der Waals surface area contributed by atoms with Gasteiger partial charge in [0, 0.05) is 18.1 Å². The van der Waals surface area contributed by atoms with Gasteiger partial charge < -0.3 is 5.32 Å². The first-order valence-corrected chi connectivity index (χ1v) is 4.74. The van der Waals surface area contributed by atoms with Crippen LogP contribution < -0.4 is 5.32 Å². The van der Waals surface area contributed by atoms with E-state index >= 15 is 0 Å². The van der Waals surface area contributed by atoms with Crippen LogP contribution in [-0.4, -0.2) is 6.54 Å². The Kier molecular flexibility index (Phi) is 4.29. The number of nitriles is 1. The van der Waals surface area contributed by atoms with Gasteiger partial charge in [-0.1, -0.05) is 24.2 Å². The molecule has 0 fully saturated rings. The van der Waals surface area contributed by atoms with Crippen LogP contribution in [0, 0.1) is 17.1 Å². The van der Waals surface area contributed by atoms with Crippen molar-refractivity contribution < 1.29 is 4.39 Å². The van der Waals surface area contributed by atoms with Crippen LogP contribution in [-0.2, 0) is 6.54 Å². The lowest BCUT2D eigenvalue weighted by Gasteiger charge is -2.04. The normalized spacial score (nSPS) is 9.67. The zero-order chi connectivity index (χ0) is 11.3. The van der Waals surface area contributed by atoms with Gasteiger partial charge in [-0.25, -0.2) is 4.39 Å². The molecule has 4 heteroatoms. The summed E-state index contributed by atoms with van der Waals surface area (Å²) in [7, 11) is 0. The van der Waals surface area contributed by atoms with Crippen molar-refractivity contribution in [2.75, 3.05) is 6.54 Å². The van der Waals surface area contributed by atoms with Crippen molar-refractivity contribution >= 4 is 11.6 Å². The largest absolute Gasteiger partial charge is 0.308 e. The summed E-state index contributed by atoms with van der Waals surface area (Å²) in [4.78, 5) is 0. The molecule has 0 radical (unpaired) electrons. The Morgan fingerprint density at radius 3 is 2.93 bits per heavy atom. The van der Waals surface area contributed by atoms with E-state index in [1.54, 1.807) is 12.1 Å². The number of benzene rings is 1. The van der Waals surface area contributed by atoms with Gasteiger partial charge in [-0.05, 0) is 17.7 Å². The van der Waals surface area contributed by atoms with E-state index in [9.17, 15) is 4.39 Å². The minimum absolute atomic E-state index is 0.0546. The molecule has 0 heterocycles. The zero-order valence-corrected chi connectivity index (χ0v) is 8.81. The number of halogens is 2. The smallest absolute Gasteiger partial charge is 0.140 e. The topological polar surface area (TPSA) is 35.8 Å². The van der Waals surface area contributed by atoms with Crippen molar-refractivity contribution in [3.63, 3.8) is 0 Å². The molecule has 1 aromatic rings. The van der Waals surface area contributed by atoms with Gasteiger partial charge in [-0.15, -0.1) is 0 Å². The molecule has 0 saturated carbocycles. The lowest BCUT2D eigenvalue weighted by atomic mass is 10.1. The van der Waals surface area contributed by atoms with Gasteiger partial charge in [0.05, 0.1) is 5.56 Å². The first-order chi connectivity index (χ1) is 7.13. The second-order valence-electron chi connectivity index (χ2n) is 3.05. The first kappa shape index (κ1) is 11.7. The summed E-state index contributed by atoms with van der Waals surface area (Å²) >= 11 is 5.56. The maximum Gasteiger partial charge on any atom is 0.140 e. The van der Waals surface area contributed by atoms with E-state index in [4.69, 9.17) is 16.9 Å². The molecule has 1 aromatic carbocycles. The maximum absolute atomic E-state index is 12.9. The van der Waals surface area contributed by atoms with Crippen LogP contribution in [0.15, 0.2) is 29.8 Å². The second-order valence-corrected chi connectivity index (χ2v) is 3.58. The van der Waals surface area contributed by atoms with E-state index in [0.717, 1.165) is 5.56 Å². The minimum Gasteiger partial charge on any atom is -0.308 e. The molecule has 0 atom stereocenters. The molecule has 0 amide bonds. The van der Waals surface area contributed by atoms with Crippen LogP contribution in [0.1, 0.15) is 11.1 Å². The lowest BCUT2D eigenvalue weighted by molar-refractivity contribution is 0.622. The van der Waals surface area contributed by atoms with Crippen LogP contribution in [0.25, 0.3) is 0 Å². The Bertz CT molecular complexity index is 410. The molecule has 2 nitrogen and oxygen atoms in total. The summed E-state index contributed by atoms with van der Waals surface area (Å²) in [6.45, 7) is 4.54. The third kappa shape index (κ3) is 3.70. The summed E-state index contributed by atoms with van der Waals surface area (Å²) in [5, 5.41) is 12.1. The summed E-state index contributed by atoms with van der Waals surface area (Å²) < 4.78 is 12.9. The van der Waals surface area contributed by atoms with Gasteiger partial charge in [0.25, 0.3) is 0 Å². The number of hydrogen-bond acceptors (Lipinski definition) is 2. The molecule has 0 unspecified atom stereocenters. The van der Waals surface area contributed by atoms with Crippen molar-refractivity contribution in [1.82, 2.24) is 5.32 Å². The molecule has 1 rings (SSSR count). The summed E-state index contributed by atoms with van der Waals surface area (Å²) in [6, 6.07) is 6.21. The van der Waals surface area contributed by atoms with Crippen LogP contribution in [0.5, 0.6) is 0 Å². The number of nitrogens with zero attached hydrogens (tertiary/aromatic N) is 1. The fraction of sp³-hybridized carbons (Fsp3) is 0.182. The van der Waals surface area contributed by atoms with Crippen molar-refractivity contribution in [3.05, 3.63) is 46.8 Å². The fourth-order valence-corrected chi connectivity index (χ4v) is 1.21. The minimum atomic E-state index is -0.497. The molecular weight excluding hydrogens is 215 g/mol. The summed E-state index contributed by atoms with van der Waals surface area (Å²) in [6.07, 6.45) is 0. The molecule has 0 aromatic heterocycles. The molecular formula is C11H10ClFN2. The standard InChI is InChI=1S/C11H10ClFN2/c1-8(12)6-15-7-9-2-3-11(13)10(4-9)5-14/h2-4,15H,1,6-7H2. The van der Waals surface area contributed by atoms with Gasteiger partial charge in [0.15, 0.2) is 0 Å². The molecule has 0 aliphatic carbocycles. The Morgan fingerprint density at radius 1 is 1.60 bits per heavy atom. The van der Waals surface area contributed by atoms with Gasteiger partial charge in [0.1, 0.15) is 11.9 Å². The molecule has 0 aliphatic heterocycles. The number of nitrogens with one attached hydrogen (secondary N) is 1. The molecule has 0 aliphatic rings. The van der Waals surface area contributed by atoms with E-state index in [1.165, 1.54) is 12.1 Å². The predicted octanol–water partition coefficient (Wildman–Crippen LogP) is 2.54. The second kappa shape index (κ2) is 5.50. The van der Waals surface area contributed by atoms with E-state index in [-0.39, 0.29) is 5.56 Å². The molecule has 78 valence electrons. The lowest BCUT2D eigenvalue weighted by Crippen LogP contribution is -2.14. The Hall–Kier alpha value is -1.37.